The number of amides is 1. The van der Waals surface area contributed by atoms with Crippen molar-refractivity contribution in [1.29, 1.82) is 0 Å². The minimum Gasteiger partial charge on any atom is -0.444 e. The molecule has 21 heavy (non-hydrogen) atoms. The van der Waals surface area contributed by atoms with E-state index in [9.17, 15) is 4.79 Å². The fraction of sp³-hybridized carbons (Fsp3) is 0.941. The highest BCUT2D eigenvalue weighted by Gasteiger charge is 2.31. The maximum Gasteiger partial charge on any atom is 0.410 e. The Labute approximate surface area is 130 Å². The zero-order chi connectivity index (χ0) is 15.9. The van der Waals surface area contributed by atoms with Gasteiger partial charge in [0.15, 0.2) is 0 Å². The van der Waals surface area contributed by atoms with E-state index in [1.54, 1.807) is 0 Å². The molecule has 0 aromatic heterocycles. The van der Waals surface area contributed by atoms with Crippen LogP contribution in [0.5, 0.6) is 0 Å². The maximum atomic E-state index is 12.2. The highest BCUT2D eigenvalue weighted by Crippen LogP contribution is 2.22. The largest absolute Gasteiger partial charge is 0.444 e. The van der Waals surface area contributed by atoms with E-state index in [1.807, 2.05) is 25.7 Å². The van der Waals surface area contributed by atoms with E-state index in [1.165, 1.54) is 12.8 Å². The lowest BCUT2D eigenvalue weighted by molar-refractivity contribution is 0.0220. The van der Waals surface area contributed by atoms with Crippen molar-refractivity contribution in [3.05, 3.63) is 0 Å². The van der Waals surface area contributed by atoms with Gasteiger partial charge in [0.1, 0.15) is 5.60 Å². The average molecular weight is 298 g/mol. The maximum absolute atomic E-state index is 12.2. The number of hydrogen-bond donors (Lipinski definition) is 1. The summed E-state index contributed by atoms with van der Waals surface area (Å²) in [7, 11) is 0. The number of rotatable bonds is 7. The molecule has 0 aliphatic carbocycles. The van der Waals surface area contributed by atoms with Crippen LogP contribution in [-0.4, -0.2) is 42.3 Å². The van der Waals surface area contributed by atoms with E-state index in [4.69, 9.17) is 4.74 Å². The van der Waals surface area contributed by atoms with Crippen molar-refractivity contribution in [3.8, 4) is 0 Å². The molecule has 0 aromatic carbocycles. The predicted octanol–water partition coefficient (Wildman–Crippen LogP) is 3.80. The third-order valence-corrected chi connectivity index (χ3v) is 4.25. The third-order valence-electron chi connectivity index (χ3n) is 4.25. The first kappa shape index (κ1) is 18.3. The zero-order valence-electron chi connectivity index (χ0n) is 14.6. The highest BCUT2D eigenvalue weighted by atomic mass is 16.6. The molecule has 0 radical (unpaired) electrons. The molecular weight excluding hydrogens is 264 g/mol. The average Bonchev–Trinajstić information content (AvgIpc) is 2.85. The summed E-state index contributed by atoms with van der Waals surface area (Å²) >= 11 is 0. The van der Waals surface area contributed by atoms with Crippen LogP contribution in [0.3, 0.4) is 0 Å². The summed E-state index contributed by atoms with van der Waals surface area (Å²) in [6.07, 6.45) is 5.54. The lowest BCUT2D eigenvalue weighted by Gasteiger charge is -2.28. The van der Waals surface area contributed by atoms with Gasteiger partial charge in [-0.25, -0.2) is 4.79 Å². The Morgan fingerprint density at radius 2 is 2.00 bits per heavy atom. The number of carbonyl (C=O) groups is 1. The van der Waals surface area contributed by atoms with Crippen molar-refractivity contribution >= 4 is 6.09 Å². The second-order valence-electron chi connectivity index (χ2n) is 7.15. The van der Waals surface area contributed by atoms with E-state index < -0.39 is 5.60 Å². The molecule has 1 amide bonds. The summed E-state index contributed by atoms with van der Waals surface area (Å²) in [5, 5.41) is 3.54. The van der Waals surface area contributed by atoms with Crippen LogP contribution in [0.4, 0.5) is 4.79 Å². The standard InChI is InChI=1S/C17H34N2O2/c1-6-14(7-2)13-18-11-10-15-9-8-12-19(15)16(20)21-17(3,4)5/h14-15,18H,6-13H2,1-5H3. The molecule has 1 unspecified atom stereocenters. The van der Waals surface area contributed by atoms with Crippen LogP contribution in [-0.2, 0) is 4.74 Å². The van der Waals surface area contributed by atoms with Crippen molar-refractivity contribution in [2.45, 2.75) is 78.4 Å². The molecule has 0 spiro atoms. The van der Waals surface area contributed by atoms with E-state index in [0.717, 1.165) is 44.8 Å². The van der Waals surface area contributed by atoms with Crippen LogP contribution < -0.4 is 5.32 Å². The number of ether oxygens (including phenoxy) is 1. The zero-order valence-corrected chi connectivity index (χ0v) is 14.6. The lowest BCUT2D eigenvalue weighted by Crippen LogP contribution is -2.41. The minimum absolute atomic E-state index is 0.148. The smallest absolute Gasteiger partial charge is 0.410 e. The van der Waals surface area contributed by atoms with Gasteiger partial charge >= 0.3 is 6.09 Å². The fourth-order valence-electron chi connectivity index (χ4n) is 2.85. The van der Waals surface area contributed by atoms with Crippen molar-refractivity contribution in [2.75, 3.05) is 19.6 Å². The van der Waals surface area contributed by atoms with Crippen molar-refractivity contribution < 1.29 is 9.53 Å². The first-order chi connectivity index (χ1) is 9.87. The molecule has 124 valence electrons. The summed E-state index contributed by atoms with van der Waals surface area (Å²) < 4.78 is 5.50. The van der Waals surface area contributed by atoms with Gasteiger partial charge in [0.25, 0.3) is 0 Å². The van der Waals surface area contributed by atoms with Crippen LogP contribution in [0.25, 0.3) is 0 Å². The molecule has 1 saturated heterocycles. The topological polar surface area (TPSA) is 41.6 Å². The van der Waals surface area contributed by atoms with Crippen LogP contribution in [0.1, 0.15) is 66.7 Å². The Kier molecular flexibility index (Phi) is 7.50. The first-order valence-electron chi connectivity index (χ1n) is 8.57. The van der Waals surface area contributed by atoms with Crippen LogP contribution in [0.2, 0.25) is 0 Å². The Morgan fingerprint density at radius 3 is 2.57 bits per heavy atom. The lowest BCUT2D eigenvalue weighted by atomic mass is 10.0. The summed E-state index contributed by atoms with van der Waals surface area (Å²) in [5.74, 6) is 0.774. The van der Waals surface area contributed by atoms with Crippen molar-refractivity contribution in [3.63, 3.8) is 0 Å². The van der Waals surface area contributed by atoms with Gasteiger partial charge in [0.2, 0.25) is 0 Å². The SMILES string of the molecule is CCC(CC)CNCCC1CCCN1C(=O)OC(C)(C)C. The fourth-order valence-corrected chi connectivity index (χ4v) is 2.85. The molecule has 4 nitrogen and oxygen atoms in total. The molecule has 1 atom stereocenters. The number of nitrogens with one attached hydrogen (secondary N) is 1. The molecule has 1 aliphatic rings. The molecule has 1 aliphatic heterocycles. The molecule has 0 saturated carbocycles. The van der Waals surface area contributed by atoms with Crippen molar-refractivity contribution in [2.24, 2.45) is 5.92 Å². The predicted molar refractivity (Wildman–Crippen MR) is 87.5 cm³/mol. The molecule has 1 N–H and O–H groups in total. The molecular formula is C17H34N2O2. The van der Waals surface area contributed by atoms with Crippen molar-refractivity contribution in [1.82, 2.24) is 10.2 Å². The van der Waals surface area contributed by atoms with E-state index in [0.29, 0.717) is 6.04 Å². The second kappa shape index (κ2) is 8.62. The number of likely N-dealkylation sites (tertiary alicyclic amines) is 1. The van der Waals surface area contributed by atoms with Gasteiger partial charge in [-0.2, -0.15) is 0 Å². The second-order valence-corrected chi connectivity index (χ2v) is 7.15. The van der Waals surface area contributed by atoms with Crippen LogP contribution in [0.15, 0.2) is 0 Å². The highest BCUT2D eigenvalue weighted by molar-refractivity contribution is 5.68. The number of nitrogens with zero attached hydrogens (tertiary/aromatic N) is 1. The van der Waals surface area contributed by atoms with Crippen LogP contribution in [0, 0.1) is 5.92 Å². The van der Waals surface area contributed by atoms with Gasteiger partial charge in [-0.3, -0.25) is 0 Å². The number of carbonyl (C=O) groups excluding carboxylic acids is 1. The van der Waals surface area contributed by atoms with E-state index in [-0.39, 0.29) is 6.09 Å². The Morgan fingerprint density at radius 1 is 1.33 bits per heavy atom. The summed E-state index contributed by atoms with van der Waals surface area (Å²) in [6.45, 7) is 13.2. The van der Waals surface area contributed by atoms with E-state index in [2.05, 4.69) is 19.2 Å². The molecule has 4 heteroatoms. The Balaban J connectivity index is 2.32. The third kappa shape index (κ3) is 6.68. The van der Waals surface area contributed by atoms with Gasteiger partial charge < -0.3 is 15.0 Å². The van der Waals surface area contributed by atoms with Crippen LogP contribution >= 0.6 is 0 Å². The molecule has 1 heterocycles. The molecule has 1 fully saturated rings. The Hall–Kier alpha value is -0.770. The van der Waals surface area contributed by atoms with E-state index >= 15 is 0 Å². The summed E-state index contributed by atoms with van der Waals surface area (Å²) in [5.41, 5.74) is -0.405. The molecule has 0 aromatic rings. The Bertz CT molecular complexity index is 308. The summed E-state index contributed by atoms with van der Waals surface area (Å²) in [6, 6.07) is 0.342. The first-order valence-corrected chi connectivity index (χ1v) is 8.57. The van der Waals surface area contributed by atoms with Gasteiger partial charge in [-0.1, -0.05) is 26.7 Å². The monoisotopic (exact) mass is 298 g/mol. The van der Waals surface area contributed by atoms with Gasteiger partial charge in [0, 0.05) is 12.6 Å². The van der Waals surface area contributed by atoms with Gasteiger partial charge in [-0.05, 0) is 59.0 Å². The molecule has 1 rings (SSSR count). The molecule has 0 bridgehead atoms. The van der Waals surface area contributed by atoms with Gasteiger partial charge in [0.05, 0.1) is 0 Å². The normalized spacial score (nSPS) is 19.3. The quantitative estimate of drug-likeness (QED) is 0.727. The summed E-state index contributed by atoms with van der Waals surface area (Å²) in [4.78, 5) is 14.1. The minimum atomic E-state index is -0.405. The van der Waals surface area contributed by atoms with Gasteiger partial charge in [-0.15, -0.1) is 0 Å². The number of hydrogen-bond acceptors (Lipinski definition) is 3.